The first-order valence-corrected chi connectivity index (χ1v) is 4.19. The maximum absolute atomic E-state index is 13.2. The fraction of sp³-hybridized carbons (Fsp3) is 0.300. The van der Waals surface area contributed by atoms with E-state index in [1.807, 2.05) is 6.92 Å². The summed E-state index contributed by atoms with van der Waals surface area (Å²) in [5.41, 5.74) is 0.991. The highest BCUT2D eigenvalue weighted by Gasteiger charge is 2.09. The first-order valence-electron chi connectivity index (χ1n) is 4.19. The van der Waals surface area contributed by atoms with E-state index >= 15 is 0 Å². The standard InChI is InChI=1S/C10H12FNO/c1-3-7-4-5-8(9(11)6-7)10(13)12-2/h4-6H,3H2,1-2H3,(H,12,13). The Bertz CT molecular complexity index is 323. The second-order valence-corrected chi connectivity index (χ2v) is 2.75. The normalized spacial score (nSPS) is 9.77. The number of aryl methyl sites for hydroxylation is 1. The van der Waals surface area contributed by atoms with Crippen molar-refractivity contribution in [2.75, 3.05) is 7.05 Å². The van der Waals surface area contributed by atoms with Crippen LogP contribution in [0.2, 0.25) is 0 Å². The molecule has 3 heteroatoms. The molecule has 70 valence electrons. The molecule has 13 heavy (non-hydrogen) atoms. The van der Waals surface area contributed by atoms with Crippen molar-refractivity contribution in [2.45, 2.75) is 13.3 Å². The van der Waals surface area contributed by atoms with Crippen LogP contribution >= 0.6 is 0 Å². The fourth-order valence-electron chi connectivity index (χ4n) is 1.10. The van der Waals surface area contributed by atoms with Gasteiger partial charge < -0.3 is 5.32 Å². The van der Waals surface area contributed by atoms with Crippen molar-refractivity contribution in [3.63, 3.8) is 0 Å². The van der Waals surface area contributed by atoms with Gasteiger partial charge in [0, 0.05) is 7.05 Å². The monoisotopic (exact) mass is 181 g/mol. The molecule has 1 N–H and O–H groups in total. The molecule has 0 aromatic heterocycles. The molecular formula is C10H12FNO. The highest BCUT2D eigenvalue weighted by Crippen LogP contribution is 2.10. The van der Waals surface area contributed by atoms with Crippen LogP contribution in [0.4, 0.5) is 4.39 Å². The minimum absolute atomic E-state index is 0.0969. The van der Waals surface area contributed by atoms with Gasteiger partial charge in [0.15, 0.2) is 0 Å². The maximum Gasteiger partial charge on any atom is 0.253 e. The number of carbonyl (C=O) groups is 1. The van der Waals surface area contributed by atoms with Gasteiger partial charge in [0.2, 0.25) is 0 Å². The van der Waals surface area contributed by atoms with Crippen molar-refractivity contribution >= 4 is 5.91 Å². The van der Waals surface area contributed by atoms with E-state index in [1.54, 1.807) is 6.07 Å². The number of amides is 1. The van der Waals surface area contributed by atoms with Crippen LogP contribution in [0.1, 0.15) is 22.8 Å². The molecule has 0 unspecified atom stereocenters. The van der Waals surface area contributed by atoms with Crippen LogP contribution in [0.25, 0.3) is 0 Å². The van der Waals surface area contributed by atoms with Crippen LogP contribution < -0.4 is 5.32 Å². The topological polar surface area (TPSA) is 29.1 Å². The molecule has 0 saturated carbocycles. The zero-order chi connectivity index (χ0) is 9.84. The molecule has 1 aromatic rings. The molecular weight excluding hydrogens is 169 g/mol. The van der Waals surface area contributed by atoms with Gasteiger partial charge >= 0.3 is 0 Å². The van der Waals surface area contributed by atoms with Crippen LogP contribution in [0.3, 0.4) is 0 Å². The van der Waals surface area contributed by atoms with Gasteiger partial charge in [-0.3, -0.25) is 4.79 Å². The summed E-state index contributed by atoms with van der Waals surface area (Å²) in [5.74, 6) is -0.848. The summed E-state index contributed by atoms with van der Waals surface area (Å²) in [6.45, 7) is 1.94. The third-order valence-corrected chi connectivity index (χ3v) is 1.91. The molecule has 0 saturated heterocycles. The Morgan fingerprint density at radius 3 is 2.69 bits per heavy atom. The van der Waals surface area contributed by atoms with E-state index in [9.17, 15) is 9.18 Å². The van der Waals surface area contributed by atoms with Crippen LogP contribution in [-0.2, 0) is 6.42 Å². The molecule has 2 nitrogen and oxygen atoms in total. The largest absolute Gasteiger partial charge is 0.355 e. The van der Waals surface area contributed by atoms with Gasteiger partial charge in [0.25, 0.3) is 5.91 Å². The molecule has 0 aliphatic heterocycles. The average Bonchev–Trinajstić information content (AvgIpc) is 2.16. The second-order valence-electron chi connectivity index (χ2n) is 2.75. The maximum atomic E-state index is 13.2. The van der Waals surface area contributed by atoms with Gasteiger partial charge in [-0.1, -0.05) is 13.0 Å². The van der Waals surface area contributed by atoms with Crippen LogP contribution in [0.5, 0.6) is 0 Å². The van der Waals surface area contributed by atoms with Crippen molar-refractivity contribution in [2.24, 2.45) is 0 Å². The smallest absolute Gasteiger partial charge is 0.253 e. The summed E-state index contributed by atoms with van der Waals surface area (Å²) in [5, 5.41) is 2.38. The van der Waals surface area contributed by atoms with Crippen LogP contribution in [-0.4, -0.2) is 13.0 Å². The van der Waals surface area contributed by atoms with Gasteiger partial charge in [-0.25, -0.2) is 4.39 Å². The number of halogens is 1. The molecule has 0 aliphatic carbocycles. The summed E-state index contributed by atoms with van der Waals surface area (Å²) in [6, 6.07) is 4.66. The van der Waals surface area contributed by atoms with Crippen LogP contribution in [0, 0.1) is 5.82 Å². The van der Waals surface area contributed by atoms with Gasteiger partial charge in [-0.05, 0) is 24.1 Å². The minimum atomic E-state index is -0.460. The van der Waals surface area contributed by atoms with E-state index in [1.165, 1.54) is 19.2 Å². The van der Waals surface area contributed by atoms with Gasteiger partial charge in [-0.2, -0.15) is 0 Å². The van der Waals surface area contributed by atoms with E-state index < -0.39 is 5.82 Å². The Morgan fingerprint density at radius 1 is 1.54 bits per heavy atom. The number of hydrogen-bond donors (Lipinski definition) is 1. The van der Waals surface area contributed by atoms with E-state index in [0.29, 0.717) is 0 Å². The van der Waals surface area contributed by atoms with Crippen LogP contribution in [0.15, 0.2) is 18.2 Å². The van der Waals surface area contributed by atoms with Crippen molar-refractivity contribution in [1.29, 1.82) is 0 Å². The summed E-state index contributed by atoms with van der Waals surface area (Å²) in [7, 11) is 1.48. The molecule has 0 spiro atoms. The molecule has 0 radical (unpaired) electrons. The molecule has 0 heterocycles. The quantitative estimate of drug-likeness (QED) is 0.739. The number of benzene rings is 1. The predicted octanol–water partition coefficient (Wildman–Crippen LogP) is 1.75. The number of nitrogens with one attached hydrogen (secondary N) is 1. The predicted molar refractivity (Wildman–Crippen MR) is 49.2 cm³/mol. The van der Waals surface area contributed by atoms with E-state index in [2.05, 4.69) is 5.32 Å². The van der Waals surface area contributed by atoms with Crippen molar-refractivity contribution in [3.8, 4) is 0 Å². The highest BCUT2D eigenvalue weighted by atomic mass is 19.1. The second kappa shape index (κ2) is 4.03. The lowest BCUT2D eigenvalue weighted by Crippen LogP contribution is -2.19. The Hall–Kier alpha value is -1.38. The Balaban J connectivity index is 3.05. The Morgan fingerprint density at radius 2 is 2.23 bits per heavy atom. The fourth-order valence-corrected chi connectivity index (χ4v) is 1.10. The minimum Gasteiger partial charge on any atom is -0.355 e. The third-order valence-electron chi connectivity index (χ3n) is 1.91. The van der Waals surface area contributed by atoms with Crippen molar-refractivity contribution in [1.82, 2.24) is 5.32 Å². The Kier molecular flexibility index (Phi) is 3.01. The lowest BCUT2D eigenvalue weighted by Gasteiger charge is -2.02. The molecule has 0 fully saturated rings. The molecule has 1 aromatic carbocycles. The summed E-state index contributed by atoms with van der Waals surface area (Å²) >= 11 is 0. The van der Waals surface area contributed by atoms with Crippen molar-refractivity contribution < 1.29 is 9.18 Å². The van der Waals surface area contributed by atoms with E-state index in [4.69, 9.17) is 0 Å². The first kappa shape index (κ1) is 9.71. The lowest BCUT2D eigenvalue weighted by atomic mass is 10.1. The number of rotatable bonds is 2. The lowest BCUT2D eigenvalue weighted by molar-refractivity contribution is 0.0959. The Labute approximate surface area is 76.8 Å². The van der Waals surface area contributed by atoms with Gasteiger partial charge in [-0.15, -0.1) is 0 Å². The zero-order valence-electron chi connectivity index (χ0n) is 7.73. The SMILES string of the molecule is CCc1ccc(C(=O)NC)c(F)c1. The summed E-state index contributed by atoms with van der Waals surface area (Å²) in [4.78, 5) is 11.1. The highest BCUT2D eigenvalue weighted by molar-refractivity contribution is 5.94. The van der Waals surface area contributed by atoms with Crippen molar-refractivity contribution in [3.05, 3.63) is 35.1 Å². The molecule has 0 bridgehead atoms. The third kappa shape index (κ3) is 2.05. The molecule has 0 aliphatic rings. The summed E-state index contributed by atoms with van der Waals surface area (Å²) in [6.07, 6.45) is 0.769. The molecule has 1 amide bonds. The first-order chi connectivity index (χ1) is 6.19. The van der Waals surface area contributed by atoms with E-state index in [-0.39, 0.29) is 11.5 Å². The number of carbonyl (C=O) groups excluding carboxylic acids is 1. The van der Waals surface area contributed by atoms with Gasteiger partial charge in [0.1, 0.15) is 5.82 Å². The zero-order valence-corrected chi connectivity index (χ0v) is 7.73. The molecule has 1 rings (SSSR count). The van der Waals surface area contributed by atoms with E-state index in [0.717, 1.165) is 12.0 Å². The summed E-state index contributed by atoms with van der Waals surface area (Å²) < 4.78 is 13.2. The van der Waals surface area contributed by atoms with Gasteiger partial charge in [0.05, 0.1) is 5.56 Å². The molecule has 0 atom stereocenters. The average molecular weight is 181 g/mol. The number of hydrogen-bond acceptors (Lipinski definition) is 1.